The Hall–Kier alpha value is -1.62. The van der Waals surface area contributed by atoms with Gasteiger partial charge in [-0.2, -0.15) is 0 Å². The number of nitrogens with zero attached hydrogens (tertiary/aromatic N) is 2. The van der Waals surface area contributed by atoms with Crippen molar-refractivity contribution in [1.82, 2.24) is 4.98 Å². The van der Waals surface area contributed by atoms with Crippen molar-refractivity contribution in [2.24, 2.45) is 5.16 Å². The van der Waals surface area contributed by atoms with Crippen molar-refractivity contribution in [2.45, 2.75) is 0 Å². The molecule has 0 unspecified atom stereocenters. The lowest BCUT2D eigenvalue weighted by Crippen LogP contribution is -2.18. The van der Waals surface area contributed by atoms with Crippen molar-refractivity contribution in [1.29, 1.82) is 0 Å². The molecule has 5 nitrogen and oxygen atoms in total. The van der Waals surface area contributed by atoms with Gasteiger partial charge in [0, 0.05) is 11.8 Å². The van der Waals surface area contributed by atoms with E-state index in [1.165, 1.54) is 20.4 Å². The van der Waals surface area contributed by atoms with E-state index < -0.39 is 5.97 Å². The van der Waals surface area contributed by atoms with E-state index in [1.807, 2.05) is 0 Å². The molecule has 0 bridgehead atoms. The summed E-state index contributed by atoms with van der Waals surface area (Å²) in [6, 6.07) is 3.24. The minimum Gasteiger partial charge on any atom is -0.464 e. The molecular weight excluding hydrogens is 220 g/mol. The van der Waals surface area contributed by atoms with E-state index in [0.717, 1.165) is 0 Å². The van der Waals surface area contributed by atoms with E-state index in [4.69, 9.17) is 11.6 Å². The van der Waals surface area contributed by atoms with Crippen molar-refractivity contribution in [3.05, 3.63) is 29.0 Å². The van der Waals surface area contributed by atoms with Gasteiger partial charge >= 0.3 is 5.97 Å². The molecule has 0 aliphatic carbocycles. The van der Waals surface area contributed by atoms with Gasteiger partial charge in [-0.05, 0) is 12.1 Å². The lowest BCUT2D eigenvalue weighted by molar-refractivity contribution is -0.132. The Kier molecular flexibility index (Phi) is 4.05. The molecule has 1 heterocycles. The molecule has 0 aromatic carbocycles. The summed E-state index contributed by atoms with van der Waals surface area (Å²) in [7, 11) is 2.57. The third kappa shape index (κ3) is 2.66. The Morgan fingerprint density at radius 3 is 2.80 bits per heavy atom. The quantitative estimate of drug-likeness (QED) is 0.338. The number of halogens is 1. The first kappa shape index (κ1) is 11.5. The lowest BCUT2D eigenvalue weighted by atomic mass is 10.2. The number of carbonyl (C=O) groups excluding carboxylic acids is 1. The Morgan fingerprint density at radius 1 is 1.53 bits per heavy atom. The van der Waals surface area contributed by atoms with Crippen molar-refractivity contribution < 1.29 is 14.4 Å². The lowest BCUT2D eigenvalue weighted by Gasteiger charge is -2.04. The van der Waals surface area contributed by atoms with Gasteiger partial charge < -0.3 is 9.57 Å². The minimum atomic E-state index is -0.633. The summed E-state index contributed by atoms with van der Waals surface area (Å²) in [5, 5.41) is 3.71. The average molecular weight is 229 g/mol. The maximum Gasteiger partial charge on any atom is 0.360 e. The van der Waals surface area contributed by atoms with Crippen LogP contribution in [0, 0.1) is 0 Å². The number of aromatic nitrogens is 1. The number of oxime groups is 1. The summed E-state index contributed by atoms with van der Waals surface area (Å²) < 4.78 is 4.54. The molecule has 80 valence electrons. The molecule has 0 saturated carbocycles. The molecule has 0 aliphatic rings. The third-order valence-electron chi connectivity index (χ3n) is 1.58. The number of esters is 1. The second-order valence-corrected chi connectivity index (χ2v) is 2.81. The van der Waals surface area contributed by atoms with Crippen LogP contribution in [0.25, 0.3) is 0 Å². The first-order valence-electron chi connectivity index (χ1n) is 4.01. The molecule has 0 radical (unpaired) electrons. The van der Waals surface area contributed by atoms with Crippen LogP contribution in [0.15, 0.2) is 23.5 Å². The Morgan fingerprint density at radius 2 is 2.27 bits per heavy atom. The number of hydrogen-bond donors (Lipinski definition) is 0. The number of ether oxygens (including phenoxy) is 1. The summed E-state index contributed by atoms with van der Waals surface area (Å²) in [5.74, 6) is -0.633. The van der Waals surface area contributed by atoms with Gasteiger partial charge in [-0.25, -0.2) is 9.78 Å². The van der Waals surface area contributed by atoms with Crippen LogP contribution in [0.3, 0.4) is 0 Å². The average Bonchev–Trinajstić information content (AvgIpc) is 2.26. The number of carbonyl (C=O) groups is 1. The topological polar surface area (TPSA) is 60.8 Å². The first-order valence-corrected chi connectivity index (χ1v) is 4.39. The highest BCUT2D eigenvalue weighted by Crippen LogP contribution is 2.13. The molecule has 0 atom stereocenters. The Labute approximate surface area is 91.7 Å². The van der Waals surface area contributed by atoms with Crippen LogP contribution in [0.1, 0.15) is 5.56 Å². The zero-order valence-electron chi connectivity index (χ0n) is 8.23. The van der Waals surface area contributed by atoms with Gasteiger partial charge in [0.1, 0.15) is 12.3 Å². The number of hydrogen-bond acceptors (Lipinski definition) is 5. The predicted octanol–water partition coefficient (Wildman–Crippen LogP) is 1.26. The molecule has 0 spiro atoms. The molecule has 0 fully saturated rings. The normalized spacial score (nSPS) is 11.0. The monoisotopic (exact) mass is 228 g/mol. The summed E-state index contributed by atoms with van der Waals surface area (Å²) in [6.45, 7) is 0. The third-order valence-corrected chi connectivity index (χ3v) is 1.88. The molecule has 0 aliphatic heterocycles. The summed E-state index contributed by atoms with van der Waals surface area (Å²) in [5.41, 5.74) is 0.353. The summed E-state index contributed by atoms with van der Waals surface area (Å²) in [6.07, 6.45) is 1.51. The smallest absolute Gasteiger partial charge is 0.360 e. The van der Waals surface area contributed by atoms with Gasteiger partial charge in [0.05, 0.1) is 7.11 Å². The number of pyridine rings is 1. The van der Waals surface area contributed by atoms with E-state index in [1.54, 1.807) is 12.1 Å². The zero-order chi connectivity index (χ0) is 11.3. The van der Waals surface area contributed by atoms with E-state index >= 15 is 0 Å². The van der Waals surface area contributed by atoms with Crippen LogP contribution in [-0.4, -0.2) is 30.9 Å². The van der Waals surface area contributed by atoms with Crippen molar-refractivity contribution in [2.75, 3.05) is 14.2 Å². The Balaban J connectivity index is 3.17. The van der Waals surface area contributed by atoms with Gasteiger partial charge in [0.2, 0.25) is 0 Å². The second kappa shape index (κ2) is 5.31. The highest BCUT2D eigenvalue weighted by Gasteiger charge is 2.18. The first-order chi connectivity index (χ1) is 7.20. The maximum absolute atomic E-state index is 11.3. The molecule has 6 heteroatoms. The SMILES string of the molecule is CON=C(C(=O)OC)c1cccnc1Cl. The highest BCUT2D eigenvalue weighted by molar-refractivity contribution is 6.46. The van der Waals surface area contributed by atoms with Crippen LogP contribution >= 0.6 is 11.6 Å². The second-order valence-electron chi connectivity index (χ2n) is 2.46. The molecule has 0 amide bonds. The maximum atomic E-state index is 11.3. The van der Waals surface area contributed by atoms with Crippen LogP contribution < -0.4 is 0 Å². The molecule has 1 aromatic rings. The van der Waals surface area contributed by atoms with Gasteiger partial charge in [-0.15, -0.1) is 0 Å². The van der Waals surface area contributed by atoms with Crippen LogP contribution in [0.2, 0.25) is 5.15 Å². The molecule has 0 N–H and O–H groups in total. The van der Waals surface area contributed by atoms with Crippen LogP contribution in [0.5, 0.6) is 0 Å². The van der Waals surface area contributed by atoms with Gasteiger partial charge in [-0.3, -0.25) is 0 Å². The van der Waals surface area contributed by atoms with Crippen molar-refractivity contribution in [3.8, 4) is 0 Å². The molecule has 1 rings (SSSR count). The van der Waals surface area contributed by atoms with Gasteiger partial charge in [0.25, 0.3) is 0 Å². The molecule has 0 saturated heterocycles. The summed E-state index contributed by atoms with van der Waals surface area (Å²) >= 11 is 5.80. The fourth-order valence-corrected chi connectivity index (χ4v) is 1.16. The largest absolute Gasteiger partial charge is 0.464 e. The van der Waals surface area contributed by atoms with Crippen LogP contribution in [0.4, 0.5) is 0 Å². The van der Waals surface area contributed by atoms with Crippen molar-refractivity contribution in [3.63, 3.8) is 0 Å². The Bertz CT molecular complexity index is 393. The number of rotatable bonds is 3. The minimum absolute atomic E-state index is 0.0156. The fraction of sp³-hybridized carbons (Fsp3) is 0.222. The van der Waals surface area contributed by atoms with Gasteiger partial charge in [-0.1, -0.05) is 16.8 Å². The molecular formula is C9H9ClN2O3. The van der Waals surface area contributed by atoms with Gasteiger partial charge in [0.15, 0.2) is 5.71 Å². The summed E-state index contributed by atoms with van der Waals surface area (Å²) in [4.78, 5) is 19.7. The zero-order valence-corrected chi connectivity index (χ0v) is 8.99. The van der Waals surface area contributed by atoms with E-state index in [9.17, 15) is 4.79 Å². The van der Waals surface area contributed by atoms with Crippen molar-refractivity contribution >= 4 is 23.3 Å². The predicted molar refractivity (Wildman–Crippen MR) is 54.8 cm³/mol. The fourth-order valence-electron chi connectivity index (χ4n) is 0.947. The molecule has 15 heavy (non-hydrogen) atoms. The van der Waals surface area contributed by atoms with E-state index in [2.05, 4.69) is 19.7 Å². The molecule has 1 aromatic heterocycles. The standard InChI is InChI=1S/C9H9ClN2O3/c1-14-9(13)7(12-15-2)6-4-3-5-11-8(6)10/h3-5H,1-2H3. The number of methoxy groups -OCH3 is 1. The van der Waals surface area contributed by atoms with Crippen LogP contribution in [-0.2, 0) is 14.4 Å². The highest BCUT2D eigenvalue weighted by atomic mass is 35.5. The van der Waals surface area contributed by atoms with E-state index in [-0.39, 0.29) is 10.9 Å². The van der Waals surface area contributed by atoms with E-state index in [0.29, 0.717) is 5.56 Å².